The first-order chi connectivity index (χ1) is 9.87. The van der Waals surface area contributed by atoms with Crippen molar-refractivity contribution < 1.29 is 17.6 Å². The molecule has 1 amide bonds. The fourth-order valence-electron chi connectivity index (χ4n) is 1.51. The van der Waals surface area contributed by atoms with Gasteiger partial charge in [0.05, 0.1) is 6.20 Å². The molecule has 0 aliphatic carbocycles. The Morgan fingerprint density at radius 2 is 2.00 bits per heavy atom. The first kappa shape index (κ1) is 14.9. The van der Waals surface area contributed by atoms with Gasteiger partial charge in [-0.25, -0.2) is 17.5 Å². The van der Waals surface area contributed by atoms with E-state index >= 15 is 0 Å². The van der Waals surface area contributed by atoms with E-state index in [2.05, 4.69) is 5.10 Å². The molecule has 8 heteroatoms. The van der Waals surface area contributed by atoms with Crippen LogP contribution in [0.4, 0.5) is 4.39 Å². The lowest BCUT2D eigenvalue weighted by atomic mass is 10.2. The number of rotatable bonds is 4. The summed E-state index contributed by atoms with van der Waals surface area (Å²) in [4.78, 5) is 11.5. The van der Waals surface area contributed by atoms with Crippen LogP contribution < -0.4 is 4.72 Å². The highest BCUT2D eigenvalue weighted by molar-refractivity contribution is 7.90. The van der Waals surface area contributed by atoms with E-state index in [9.17, 15) is 17.6 Å². The van der Waals surface area contributed by atoms with Gasteiger partial charge in [0.15, 0.2) is 0 Å². The lowest BCUT2D eigenvalue weighted by Gasteiger charge is -2.01. The molecule has 1 N–H and O–H groups in total. The Morgan fingerprint density at radius 3 is 2.57 bits per heavy atom. The molecule has 21 heavy (non-hydrogen) atoms. The largest absolute Gasteiger partial charge is 0.274 e. The van der Waals surface area contributed by atoms with E-state index in [-0.39, 0.29) is 4.90 Å². The van der Waals surface area contributed by atoms with E-state index in [1.54, 1.807) is 7.05 Å². The van der Waals surface area contributed by atoms with Crippen molar-refractivity contribution in [1.82, 2.24) is 14.5 Å². The number of amides is 1. The van der Waals surface area contributed by atoms with Crippen molar-refractivity contribution in [3.8, 4) is 0 Å². The maximum Gasteiger partial charge on any atom is 0.267 e. The van der Waals surface area contributed by atoms with Crippen LogP contribution in [0.15, 0.2) is 47.6 Å². The number of aromatic nitrogens is 2. The summed E-state index contributed by atoms with van der Waals surface area (Å²) in [6.45, 7) is 0. The predicted octanol–water partition coefficient (Wildman–Crippen LogP) is 1.08. The molecule has 0 saturated heterocycles. The van der Waals surface area contributed by atoms with Crippen molar-refractivity contribution in [3.63, 3.8) is 0 Å². The standard InChI is InChI=1S/C13H12FN3O3S/c1-17-9-12(8-15-17)21(19,20)16-13(18)7-4-10-2-5-11(14)6-3-10/h2-9H,1H3,(H,16,18)/b7-4+. The fraction of sp³-hybridized carbons (Fsp3) is 0.0769. The van der Waals surface area contributed by atoms with Gasteiger partial charge in [0.25, 0.3) is 15.9 Å². The summed E-state index contributed by atoms with van der Waals surface area (Å²) in [6.07, 6.45) is 4.85. The molecule has 0 radical (unpaired) electrons. The topological polar surface area (TPSA) is 81.1 Å². The minimum Gasteiger partial charge on any atom is -0.274 e. The highest BCUT2D eigenvalue weighted by Gasteiger charge is 2.17. The number of aryl methyl sites for hydroxylation is 1. The Bertz CT molecular complexity index is 779. The van der Waals surface area contributed by atoms with Gasteiger partial charge in [-0.1, -0.05) is 12.1 Å². The lowest BCUT2D eigenvalue weighted by molar-refractivity contribution is -0.114. The van der Waals surface area contributed by atoms with Gasteiger partial charge in [-0.05, 0) is 23.8 Å². The summed E-state index contributed by atoms with van der Waals surface area (Å²) in [5, 5.41) is 3.72. The van der Waals surface area contributed by atoms with Gasteiger partial charge in [0.2, 0.25) is 0 Å². The van der Waals surface area contributed by atoms with E-state index < -0.39 is 21.7 Å². The monoisotopic (exact) mass is 309 g/mol. The molecule has 0 fully saturated rings. The molecular formula is C13H12FN3O3S. The Hall–Kier alpha value is -2.48. The number of nitrogens with one attached hydrogen (secondary N) is 1. The van der Waals surface area contributed by atoms with Gasteiger partial charge in [-0.15, -0.1) is 0 Å². The van der Waals surface area contributed by atoms with E-state index in [1.807, 2.05) is 4.72 Å². The average molecular weight is 309 g/mol. The fourth-order valence-corrected chi connectivity index (χ4v) is 2.44. The second-order valence-electron chi connectivity index (χ2n) is 4.20. The number of nitrogens with zero attached hydrogens (tertiary/aromatic N) is 2. The normalized spacial score (nSPS) is 11.7. The zero-order valence-corrected chi connectivity index (χ0v) is 11.8. The minimum absolute atomic E-state index is 0.103. The average Bonchev–Trinajstić information content (AvgIpc) is 2.85. The smallest absolute Gasteiger partial charge is 0.267 e. The van der Waals surface area contributed by atoms with Crippen molar-refractivity contribution in [2.24, 2.45) is 7.05 Å². The highest BCUT2D eigenvalue weighted by Crippen LogP contribution is 2.07. The number of hydrogen-bond acceptors (Lipinski definition) is 4. The zero-order chi connectivity index (χ0) is 15.5. The molecule has 110 valence electrons. The molecule has 0 bridgehead atoms. The molecule has 0 spiro atoms. The van der Waals surface area contributed by atoms with E-state index in [1.165, 1.54) is 41.2 Å². The van der Waals surface area contributed by atoms with Crippen molar-refractivity contribution in [3.05, 3.63) is 54.1 Å². The molecule has 6 nitrogen and oxygen atoms in total. The van der Waals surface area contributed by atoms with Crippen LogP contribution in [0.25, 0.3) is 6.08 Å². The number of benzene rings is 1. The van der Waals surface area contributed by atoms with Crippen LogP contribution in [0.5, 0.6) is 0 Å². The second kappa shape index (κ2) is 5.88. The number of carbonyl (C=O) groups is 1. The number of sulfonamides is 1. The van der Waals surface area contributed by atoms with Crippen LogP contribution in [-0.4, -0.2) is 24.1 Å². The first-order valence-corrected chi connectivity index (χ1v) is 7.34. The Morgan fingerprint density at radius 1 is 1.33 bits per heavy atom. The molecule has 0 unspecified atom stereocenters. The zero-order valence-electron chi connectivity index (χ0n) is 11.0. The van der Waals surface area contributed by atoms with Gasteiger partial charge >= 0.3 is 0 Å². The third-order valence-corrected chi connectivity index (χ3v) is 3.82. The van der Waals surface area contributed by atoms with E-state index in [4.69, 9.17) is 0 Å². The Kier molecular flexibility index (Phi) is 4.18. The number of carbonyl (C=O) groups excluding carboxylic acids is 1. The Balaban J connectivity index is 2.06. The molecule has 1 aromatic heterocycles. The number of hydrogen-bond donors (Lipinski definition) is 1. The second-order valence-corrected chi connectivity index (χ2v) is 5.89. The maximum atomic E-state index is 12.7. The predicted molar refractivity (Wildman–Crippen MR) is 74.0 cm³/mol. The lowest BCUT2D eigenvalue weighted by Crippen LogP contribution is -2.28. The van der Waals surface area contributed by atoms with Gasteiger partial charge < -0.3 is 0 Å². The first-order valence-electron chi connectivity index (χ1n) is 5.86. The summed E-state index contributed by atoms with van der Waals surface area (Å²) in [6, 6.07) is 5.41. The highest BCUT2D eigenvalue weighted by atomic mass is 32.2. The van der Waals surface area contributed by atoms with Crippen molar-refractivity contribution >= 4 is 22.0 Å². The summed E-state index contributed by atoms with van der Waals surface area (Å²) < 4.78 is 39.6. The molecule has 2 aromatic rings. The van der Waals surface area contributed by atoms with Crippen LogP contribution in [0, 0.1) is 5.82 Å². The van der Waals surface area contributed by atoms with E-state index in [0.29, 0.717) is 5.56 Å². The minimum atomic E-state index is -3.94. The molecule has 0 aliphatic rings. The van der Waals surface area contributed by atoms with Gasteiger partial charge in [0, 0.05) is 19.3 Å². The molecule has 0 atom stereocenters. The van der Waals surface area contributed by atoms with E-state index in [0.717, 1.165) is 12.3 Å². The Labute approximate surface area is 121 Å². The SMILES string of the molecule is Cn1cc(S(=O)(=O)NC(=O)/C=C/c2ccc(F)cc2)cn1. The van der Waals surface area contributed by atoms with Crippen LogP contribution in [0.3, 0.4) is 0 Å². The van der Waals surface area contributed by atoms with Crippen LogP contribution in [-0.2, 0) is 21.9 Å². The van der Waals surface area contributed by atoms with Crippen LogP contribution in [0.1, 0.15) is 5.56 Å². The third-order valence-electron chi connectivity index (χ3n) is 2.52. The van der Waals surface area contributed by atoms with Crippen molar-refractivity contribution in [1.29, 1.82) is 0 Å². The maximum absolute atomic E-state index is 12.7. The molecular weight excluding hydrogens is 297 g/mol. The van der Waals surface area contributed by atoms with Crippen molar-refractivity contribution in [2.45, 2.75) is 4.90 Å². The van der Waals surface area contributed by atoms with Gasteiger partial charge in [0.1, 0.15) is 10.7 Å². The molecule has 1 aromatic carbocycles. The molecule has 0 aliphatic heterocycles. The molecule has 0 saturated carbocycles. The summed E-state index contributed by atoms with van der Waals surface area (Å²) in [7, 11) is -2.38. The molecule has 1 heterocycles. The van der Waals surface area contributed by atoms with Gasteiger partial charge in [-0.2, -0.15) is 5.10 Å². The van der Waals surface area contributed by atoms with Crippen LogP contribution in [0.2, 0.25) is 0 Å². The summed E-state index contributed by atoms with van der Waals surface area (Å²) in [5.74, 6) is -1.20. The molecule has 2 rings (SSSR count). The number of halogens is 1. The van der Waals surface area contributed by atoms with Crippen molar-refractivity contribution in [2.75, 3.05) is 0 Å². The van der Waals surface area contributed by atoms with Crippen LogP contribution >= 0.6 is 0 Å². The van der Waals surface area contributed by atoms with Gasteiger partial charge in [-0.3, -0.25) is 9.48 Å². The summed E-state index contributed by atoms with van der Waals surface area (Å²) in [5.41, 5.74) is 0.574. The third kappa shape index (κ3) is 3.99. The quantitative estimate of drug-likeness (QED) is 0.857. The summed E-state index contributed by atoms with van der Waals surface area (Å²) >= 11 is 0.